The molecule has 18 heavy (non-hydrogen) atoms. The Morgan fingerprint density at radius 2 is 2.22 bits per heavy atom. The Labute approximate surface area is 110 Å². The van der Waals surface area contributed by atoms with Gasteiger partial charge in [0.2, 0.25) is 0 Å². The van der Waals surface area contributed by atoms with Crippen molar-refractivity contribution in [3.63, 3.8) is 0 Å². The summed E-state index contributed by atoms with van der Waals surface area (Å²) in [4.78, 5) is 2.28. The number of ether oxygens (including phenoxy) is 1. The highest BCUT2D eigenvalue weighted by Gasteiger charge is 2.17. The molecule has 1 aliphatic rings. The van der Waals surface area contributed by atoms with Gasteiger partial charge in [-0.05, 0) is 43.4 Å². The molecule has 3 heteroatoms. The van der Waals surface area contributed by atoms with Gasteiger partial charge < -0.3 is 15.4 Å². The third-order valence-corrected chi connectivity index (χ3v) is 3.62. The van der Waals surface area contributed by atoms with Crippen LogP contribution in [-0.4, -0.2) is 26.3 Å². The molecule has 0 spiro atoms. The number of nitrogens with zero attached hydrogens (tertiary/aromatic N) is 1. The standard InChI is InChI=1S/C15H24N2O/c1-12-6-7-13(10-16)15(9-12)17(2)11-14-5-3-4-8-18-14/h6-7,9,14H,3-5,8,10-11,16H2,1-2H3. The summed E-state index contributed by atoms with van der Waals surface area (Å²) in [6.07, 6.45) is 4.04. The lowest BCUT2D eigenvalue weighted by molar-refractivity contribution is 0.0216. The van der Waals surface area contributed by atoms with Crippen molar-refractivity contribution in [2.24, 2.45) is 5.73 Å². The normalized spacial score (nSPS) is 19.8. The Kier molecular flexibility index (Phi) is 4.61. The van der Waals surface area contributed by atoms with Gasteiger partial charge in [-0.15, -0.1) is 0 Å². The van der Waals surface area contributed by atoms with E-state index in [2.05, 4.69) is 37.1 Å². The summed E-state index contributed by atoms with van der Waals surface area (Å²) in [7, 11) is 2.13. The van der Waals surface area contributed by atoms with Crippen LogP contribution >= 0.6 is 0 Å². The van der Waals surface area contributed by atoms with E-state index in [0.29, 0.717) is 12.6 Å². The van der Waals surface area contributed by atoms with E-state index in [1.165, 1.54) is 36.1 Å². The van der Waals surface area contributed by atoms with Gasteiger partial charge in [0.25, 0.3) is 0 Å². The molecule has 1 aliphatic heterocycles. The van der Waals surface area contributed by atoms with Gasteiger partial charge in [0.1, 0.15) is 0 Å². The van der Waals surface area contributed by atoms with Crippen LogP contribution in [-0.2, 0) is 11.3 Å². The molecule has 1 unspecified atom stereocenters. The fourth-order valence-corrected chi connectivity index (χ4v) is 2.56. The van der Waals surface area contributed by atoms with E-state index >= 15 is 0 Å². The summed E-state index contributed by atoms with van der Waals surface area (Å²) in [6.45, 7) is 4.58. The third-order valence-electron chi connectivity index (χ3n) is 3.62. The van der Waals surface area contributed by atoms with Crippen molar-refractivity contribution in [1.29, 1.82) is 0 Å². The first-order valence-corrected chi connectivity index (χ1v) is 6.83. The van der Waals surface area contributed by atoms with Crippen molar-refractivity contribution in [3.05, 3.63) is 29.3 Å². The Morgan fingerprint density at radius 3 is 2.89 bits per heavy atom. The first kappa shape index (κ1) is 13.4. The van der Waals surface area contributed by atoms with Crippen LogP contribution in [0.4, 0.5) is 5.69 Å². The van der Waals surface area contributed by atoms with E-state index < -0.39 is 0 Å². The predicted octanol–water partition coefficient (Wildman–Crippen LogP) is 2.46. The van der Waals surface area contributed by atoms with Gasteiger partial charge in [0, 0.05) is 32.4 Å². The molecule has 1 heterocycles. The maximum Gasteiger partial charge on any atom is 0.0749 e. The fraction of sp³-hybridized carbons (Fsp3) is 0.600. The van der Waals surface area contributed by atoms with E-state index in [-0.39, 0.29) is 0 Å². The minimum atomic E-state index is 0.370. The lowest BCUT2D eigenvalue weighted by Crippen LogP contribution is -2.34. The molecule has 0 amide bonds. The Morgan fingerprint density at radius 1 is 1.39 bits per heavy atom. The second kappa shape index (κ2) is 6.21. The van der Waals surface area contributed by atoms with E-state index in [1.54, 1.807) is 0 Å². The number of rotatable bonds is 4. The van der Waals surface area contributed by atoms with E-state index in [1.807, 2.05) is 0 Å². The molecule has 0 aliphatic carbocycles. The highest BCUT2D eigenvalue weighted by atomic mass is 16.5. The molecule has 100 valence electrons. The average Bonchev–Trinajstić information content (AvgIpc) is 2.40. The van der Waals surface area contributed by atoms with Crippen LogP contribution in [0, 0.1) is 6.92 Å². The first-order chi connectivity index (χ1) is 8.70. The van der Waals surface area contributed by atoms with Crippen molar-refractivity contribution < 1.29 is 4.74 Å². The quantitative estimate of drug-likeness (QED) is 0.889. The van der Waals surface area contributed by atoms with Gasteiger partial charge in [-0.3, -0.25) is 0 Å². The summed E-state index contributed by atoms with van der Waals surface area (Å²) < 4.78 is 5.80. The maximum absolute atomic E-state index is 5.81. The van der Waals surface area contributed by atoms with Gasteiger partial charge in [-0.2, -0.15) is 0 Å². The number of anilines is 1. The van der Waals surface area contributed by atoms with Crippen molar-refractivity contribution in [2.75, 3.05) is 25.1 Å². The minimum absolute atomic E-state index is 0.370. The summed E-state index contributed by atoms with van der Waals surface area (Å²) in [6, 6.07) is 6.46. The first-order valence-electron chi connectivity index (χ1n) is 6.83. The van der Waals surface area contributed by atoms with E-state index in [4.69, 9.17) is 10.5 Å². The Balaban J connectivity index is 2.07. The average molecular weight is 248 g/mol. The van der Waals surface area contributed by atoms with Crippen LogP contribution in [0.5, 0.6) is 0 Å². The van der Waals surface area contributed by atoms with Gasteiger partial charge in [-0.1, -0.05) is 12.1 Å². The van der Waals surface area contributed by atoms with Crippen molar-refractivity contribution in [3.8, 4) is 0 Å². The molecule has 0 aromatic heterocycles. The SMILES string of the molecule is Cc1ccc(CN)c(N(C)CC2CCCCO2)c1. The van der Waals surface area contributed by atoms with E-state index in [0.717, 1.165) is 13.2 Å². The van der Waals surface area contributed by atoms with Crippen molar-refractivity contribution in [1.82, 2.24) is 0 Å². The highest BCUT2D eigenvalue weighted by Crippen LogP contribution is 2.23. The lowest BCUT2D eigenvalue weighted by atomic mass is 10.1. The summed E-state index contributed by atoms with van der Waals surface area (Å²) >= 11 is 0. The lowest BCUT2D eigenvalue weighted by Gasteiger charge is -2.30. The summed E-state index contributed by atoms with van der Waals surface area (Å²) in [5.74, 6) is 0. The second-order valence-corrected chi connectivity index (χ2v) is 5.21. The van der Waals surface area contributed by atoms with Crippen LogP contribution in [0.25, 0.3) is 0 Å². The monoisotopic (exact) mass is 248 g/mol. The fourth-order valence-electron chi connectivity index (χ4n) is 2.56. The van der Waals surface area contributed by atoms with E-state index in [9.17, 15) is 0 Å². The van der Waals surface area contributed by atoms with Gasteiger partial charge in [0.15, 0.2) is 0 Å². The zero-order valence-corrected chi connectivity index (χ0v) is 11.5. The maximum atomic E-state index is 5.81. The molecule has 1 aromatic rings. The summed E-state index contributed by atoms with van der Waals surface area (Å²) in [5.41, 5.74) is 9.54. The van der Waals surface area contributed by atoms with Crippen molar-refractivity contribution >= 4 is 5.69 Å². The molecule has 1 saturated heterocycles. The molecule has 0 saturated carbocycles. The predicted molar refractivity (Wildman–Crippen MR) is 75.9 cm³/mol. The topological polar surface area (TPSA) is 38.5 Å². The Bertz CT molecular complexity index is 386. The molecule has 0 radical (unpaired) electrons. The molecule has 2 N–H and O–H groups in total. The van der Waals surface area contributed by atoms with Gasteiger partial charge >= 0.3 is 0 Å². The van der Waals surface area contributed by atoms with Gasteiger partial charge in [0.05, 0.1) is 6.10 Å². The molecule has 2 rings (SSSR count). The molecule has 1 aromatic carbocycles. The van der Waals surface area contributed by atoms with Crippen LogP contribution in [0.15, 0.2) is 18.2 Å². The zero-order chi connectivity index (χ0) is 13.0. The molecule has 0 bridgehead atoms. The molecular formula is C15H24N2O. The van der Waals surface area contributed by atoms with Crippen molar-refractivity contribution in [2.45, 2.75) is 38.8 Å². The highest BCUT2D eigenvalue weighted by molar-refractivity contribution is 5.55. The number of likely N-dealkylation sites (N-methyl/N-ethyl adjacent to an activating group) is 1. The second-order valence-electron chi connectivity index (χ2n) is 5.21. The number of nitrogens with two attached hydrogens (primary N) is 1. The minimum Gasteiger partial charge on any atom is -0.376 e. The molecule has 1 atom stereocenters. The van der Waals surface area contributed by atoms with Crippen LogP contribution in [0.3, 0.4) is 0 Å². The molecule has 3 nitrogen and oxygen atoms in total. The Hall–Kier alpha value is -1.06. The summed E-state index contributed by atoms with van der Waals surface area (Å²) in [5, 5.41) is 0. The number of aryl methyl sites for hydroxylation is 1. The van der Waals surface area contributed by atoms with Crippen LogP contribution < -0.4 is 10.6 Å². The molecular weight excluding hydrogens is 224 g/mol. The molecule has 1 fully saturated rings. The van der Waals surface area contributed by atoms with Crippen LogP contribution in [0.2, 0.25) is 0 Å². The zero-order valence-electron chi connectivity index (χ0n) is 11.5. The number of benzene rings is 1. The third kappa shape index (κ3) is 3.24. The van der Waals surface area contributed by atoms with Crippen LogP contribution in [0.1, 0.15) is 30.4 Å². The largest absolute Gasteiger partial charge is 0.376 e. The van der Waals surface area contributed by atoms with Gasteiger partial charge in [-0.25, -0.2) is 0 Å². The smallest absolute Gasteiger partial charge is 0.0749 e. The number of hydrogen-bond acceptors (Lipinski definition) is 3. The number of hydrogen-bond donors (Lipinski definition) is 1.